The van der Waals surface area contributed by atoms with Crippen LogP contribution in [-0.4, -0.2) is 18.8 Å². The monoisotopic (exact) mass is 493 g/mol. The Kier molecular flexibility index (Phi) is 6.49. The quantitative estimate of drug-likeness (QED) is 0.377. The van der Waals surface area contributed by atoms with E-state index in [9.17, 15) is 17.2 Å². The van der Waals surface area contributed by atoms with E-state index >= 15 is 0 Å². The van der Waals surface area contributed by atoms with Gasteiger partial charge in [-0.25, -0.2) is 17.2 Å². The van der Waals surface area contributed by atoms with Gasteiger partial charge in [-0.05, 0) is 97.3 Å². The molecular weight excluding hydrogens is 464 g/mol. The van der Waals surface area contributed by atoms with Crippen molar-refractivity contribution in [1.29, 1.82) is 0 Å². The third-order valence-corrected chi connectivity index (χ3v) is 9.14. The highest BCUT2D eigenvalue weighted by Gasteiger charge is 2.44. The highest BCUT2D eigenvalue weighted by Crippen LogP contribution is 2.48. The molecule has 1 atom stereocenters. The summed E-state index contributed by atoms with van der Waals surface area (Å²) in [5.74, 6) is -0.506. The van der Waals surface area contributed by atoms with Crippen molar-refractivity contribution in [3.8, 4) is 0 Å². The standard InChI is InChI=1S/C29H29F2NO2S/c1-20-7-17-26(18-8-20)35(33,34)32-28(22-5-3-2-4-6-22)19-27(21-9-13-24(30)14-10-21)29(32)23-11-15-25(31)16-12-23/h7-18,22,28H,2-6,19H2,1H3/t28-/m1/s1. The van der Waals surface area contributed by atoms with E-state index in [-0.39, 0.29) is 28.5 Å². The van der Waals surface area contributed by atoms with Gasteiger partial charge < -0.3 is 0 Å². The first-order chi connectivity index (χ1) is 16.8. The van der Waals surface area contributed by atoms with Crippen molar-refractivity contribution in [2.45, 2.75) is 56.4 Å². The van der Waals surface area contributed by atoms with E-state index in [1.807, 2.05) is 6.92 Å². The molecule has 1 heterocycles. The van der Waals surface area contributed by atoms with Crippen LogP contribution in [0.1, 0.15) is 55.2 Å². The second-order valence-electron chi connectivity index (χ2n) is 9.62. The van der Waals surface area contributed by atoms with Crippen LogP contribution in [-0.2, 0) is 10.0 Å². The van der Waals surface area contributed by atoms with E-state index in [1.54, 1.807) is 52.8 Å². The Balaban J connectivity index is 1.73. The maximum Gasteiger partial charge on any atom is 0.264 e. The summed E-state index contributed by atoms with van der Waals surface area (Å²) in [7, 11) is -3.90. The van der Waals surface area contributed by atoms with Crippen molar-refractivity contribution in [3.05, 3.63) is 101 Å². The summed E-state index contributed by atoms with van der Waals surface area (Å²) in [6.07, 6.45) is 5.80. The van der Waals surface area contributed by atoms with Crippen molar-refractivity contribution < 1.29 is 17.2 Å². The summed E-state index contributed by atoms with van der Waals surface area (Å²) >= 11 is 0. The molecular formula is C29H29F2NO2S. The van der Waals surface area contributed by atoms with Gasteiger partial charge in [-0.3, -0.25) is 4.31 Å². The molecule has 2 aliphatic rings. The smallest absolute Gasteiger partial charge is 0.262 e. The van der Waals surface area contributed by atoms with Crippen LogP contribution in [0.4, 0.5) is 8.78 Å². The second-order valence-corrected chi connectivity index (χ2v) is 11.4. The number of sulfonamides is 1. The zero-order valence-corrected chi connectivity index (χ0v) is 20.6. The first kappa shape index (κ1) is 23.7. The van der Waals surface area contributed by atoms with E-state index in [4.69, 9.17) is 0 Å². The van der Waals surface area contributed by atoms with E-state index in [1.165, 1.54) is 24.3 Å². The normalized spacial score (nSPS) is 19.4. The third-order valence-electron chi connectivity index (χ3n) is 7.30. The van der Waals surface area contributed by atoms with Crippen LogP contribution < -0.4 is 0 Å². The molecule has 0 N–H and O–H groups in total. The fraction of sp³-hybridized carbons (Fsp3) is 0.310. The maximum atomic E-state index is 14.2. The molecule has 0 amide bonds. The van der Waals surface area contributed by atoms with Gasteiger partial charge >= 0.3 is 0 Å². The van der Waals surface area contributed by atoms with Crippen LogP contribution in [0.25, 0.3) is 11.3 Å². The minimum atomic E-state index is -3.90. The van der Waals surface area contributed by atoms with Crippen molar-refractivity contribution in [2.24, 2.45) is 5.92 Å². The van der Waals surface area contributed by atoms with Crippen LogP contribution in [0.15, 0.2) is 77.7 Å². The molecule has 1 aliphatic carbocycles. The lowest BCUT2D eigenvalue weighted by Crippen LogP contribution is -2.40. The zero-order valence-electron chi connectivity index (χ0n) is 19.8. The van der Waals surface area contributed by atoms with Crippen LogP contribution in [0.5, 0.6) is 0 Å². The number of halogens is 2. The number of rotatable bonds is 5. The summed E-state index contributed by atoms with van der Waals surface area (Å²) in [5.41, 5.74) is 3.82. The Morgan fingerprint density at radius 1 is 0.743 bits per heavy atom. The molecule has 3 nitrogen and oxygen atoms in total. The molecule has 3 aromatic carbocycles. The molecule has 0 radical (unpaired) electrons. The Morgan fingerprint density at radius 3 is 1.86 bits per heavy atom. The van der Waals surface area contributed by atoms with Crippen molar-refractivity contribution >= 4 is 21.3 Å². The molecule has 0 saturated heterocycles. The average molecular weight is 494 g/mol. The van der Waals surface area contributed by atoms with Gasteiger partial charge in [0.25, 0.3) is 10.0 Å². The number of hydrogen-bond donors (Lipinski definition) is 0. The Morgan fingerprint density at radius 2 is 1.29 bits per heavy atom. The highest BCUT2D eigenvalue weighted by atomic mass is 32.2. The summed E-state index contributed by atoms with van der Waals surface area (Å²) in [6.45, 7) is 1.92. The van der Waals surface area contributed by atoms with Gasteiger partial charge in [-0.2, -0.15) is 0 Å². The molecule has 1 fully saturated rings. The van der Waals surface area contributed by atoms with Gasteiger partial charge in [0.1, 0.15) is 11.6 Å². The van der Waals surface area contributed by atoms with Crippen LogP contribution >= 0.6 is 0 Å². The van der Waals surface area contributed by atoms with Gasteiger partial charge in [-0.1, -0.05) is 49.1 Å². The van der Waals surface area contributed by atoms with Gasteiger partial charge in [-0.15, -0.1) is 0 Å². The minimum Gasteiger partial charge on any atom is -0.262 e. The molecule has 0 spiro atoms. The summed E-state index contributed by atoms with van der Waals surface area (Å²) in [6, 6.07) is 18.9. The molecule has 0 unspecified atom stereocenters. The Bertz CT molecular complexity index is 1320. The second kappa shape index (κ2) is 9.57. The van der Waals surface area contributed by atoms with Gasteiger partial charge in [0, 0.05) is 0 Å². The maximum absolute atomic E-state index is 14.2. The van der Waals surface area contributed by atoms with Crippen LogP contribution in [0.3, 0.4) is 0 Å². The van der Waals surface area contributed by atoms with Crippen molar-refractivity contribution in [3.63, 3.8) is 0 Å². The molecule has 3 aromatic rings. The number of aryl methyl sites for hydroxylation is 1. The van der Waals surface area contributed by atoms with Crippen LogP contribution in [0.2, 0.25) is 0 Å². The first-order valence-corrected chi connectivity index (χ1v) is 13.6. The topological polar surface area (TPSA) is 37.4 Å². The van der Waals surface area contributed by atoms with Crippen molar-refractivity contribution in [2.75, 3.05) is 0 Å². The van der Waals surface area contributed by atoms with Crippen molar-refractivity contribution in [1.82, 2.24) is 4.31 Å². The SMILES string of the molecule is Cc1ccc(S(=O)(=O)N2C(c3ccc(F)cc3)=C(c3ccc(F)cc3)C[C@@H]2C2CCCCC2)cc1. The summed E-state index contributed by atoms with van der Waals surface area (Å²) in [4.78, 5) is 0.240. The molecule has 6 heteroatoms. The first-order valence-electron chi connectivity index (χ1n) is 12.2. The average Bonchev–Trinajstić information content (AvgIpc) is 3.27. The van der Waals surface area contributed by atoms with Gasteiger partial charge in [0.15, 0.2) is 0 Å². The molecule has 182 valence electrons. The van der Waals surface area contributed by atoms with E-state index in [0.717, 1.165) is 48.8 Å². The summed E-state index contributed by atoms with van der Waals surface area (Å²) in [5, 5.41) is 0. The Labute approximate surface area is 206 Å². The minimum absolute atomic E-state index is 0.220. The Hall–Kier alpha value is -2.99. The fourth-order valence-electron chi connectivity index (χ4n) is 5.50. The van der Waals surface area contributed by atoms with Gasteiger partial charge in [0.2, 0.25) is 0 Å². The lowest BCUT2D eigenvalue weighted by molar-refractivity contribution is 0.243. The fourth-order valence-corrected chi connectivity index (χ4v) is 7.27. The predicted molar refractivity (Wildman–Crippen MR) is 135 cm³/mol. The van der Waals surface area contributed by atoms with E-state index < -0.39 is 10.0 Å². The summed E-state index contributed by atoms with van der Waals surface area (Å²) < 4.78 is 57.7. The van der Waals surface area contributed by atoms with E-state index in [0.29, 0.717) is 17.7 Å². The van der Waals surface area contributed by atoms with Crippen LogP contribution in [0, 0.1) is 24.5 Å². The molecule has 0 aromatic heterocycles. The molecule has 35 heavy (non-hydrogen) atoms. The molecule has 0 bridgehead atoms. The largest absolute Gasteiger partial charge is 0.264 e. The number of nitrogens with zero attached hydrogens (tertiary/aromatic N) is 1. The number of benzene rings is 3. The van der Waals surface area contributed by atoms with E-state index in [2.05, 4.69) is 0 Å². The van der Waals surface area contributed by atoms with Gasteiger partial charge in [0.05, 0.1) is 16.6 Å². The lowest BCUT2D eigenvalue weighted by atomic mass is 9.82. The lowest BCUT2D eigenvalue weighted by Gasteiger charge is -2.36. The number of hydrogen-bond acceptors (Lipinski definition) is 2. The molecule has 5 rings (SSSR count). The zero-order chi connectivity index (χ0) is 24.6. The predicted octanol–water partition coefficient (Wildman–Crippen LogP) is 7.19. The molecule has 1 aliphatic heterocycles. The highest BCUT2D eigenvalue weighted by molar-refractivity contribution is 7.89. The third kappa shape index (κ3) is 4.64. The molecule has 1 saturated carbocycles.